The van der Waals surface area contributed by atoms with Crippen LogP contribution in [0.3, 0.4) is 0 Å². The molecule has 0 spiro atoms. The van der Waals surface area contributed by atoms with Crippen LogP contribution in [0.1, 0.15) is 12.5 Å². The number of rotatable bonds is 9. The second-order valence-corrected chi connectivity index (χ2v) is 8.31. The molecule has 0 saturated heterocycles. The van der Waals surface area contributed by atoms with E-state index in [-0.39, 0.29) is 17.5 Å². The zero-order valence-corrected chi connectivity index (χ0v) is 17.3. The third-order valence-electron chi connectivity index (χ3n) is 4.08. The van der Waals surface area contributed by atoms with Crippen LogP contribution in [0.15, 0.2) is 53.4 Å². The number of sulfonamides is 1. The quantitative estimate of drug-likeness (QED) is 0.691. The van der Waals surface area contributed by atoms with Crippen LogP contribution in [-0.2, 0) is 19.6 Å². The van der Waals surface area contributed by atoms with Crippen LogP contribution < -0.4 is 14.4 Å². The smallest absolute Gasteiger partial charge is 0.264 e. The molecular weight excluding hydrogens is 380 g/mol. The Morgan fingerprint density at radius 3 is 2.21 bits per heavy atom. The van der Waals surface area contributed by atoms with Gasteiger partial charge in [0.05, 0.1) is 24.3 Å². The fraction of sp³-hybridized carbons (Fsp3) is 0.350. The van der Waals surface area contributed by atoms with Gasteiger partial charge in [-0.25, -0.2) is 8.42 Å². The van der Waals surface area contributed by atoms with Gasteiger partial charge in [-0.05, 0) is 50.2 Å². The van der Waals surface area contributed by atoms with E-state index in [2.05, 4.69) is 5.32 Å². The molecule has 1 N–H and O–H groups in total. The van der Waals surface area contributed by atoms with Crippen LogP contribution in [-0.4, -0.2) is 47.7 Å². The molecule has 0 unspecified atom stereocenters. The maximum Gasteiger partial charge on any atom is 0.264 e. The van der Waals surface area contributed by atoms with E-state index in [1.807, 2.05) is 6.92 Å². The number of ether oxygens (including phenoxy) is 2. The molecule has 2 rings (SSSR count). The summed E-state index contributed by atoms with van der Waals surface area (Å²) >= 11 is 0. The van der Waals surface area contributed by atoms with E-state index >= 15 is 0 Å². The Labute approximate surface area is 166 Å². The molecule has 152 valence electrons. The predicted molar refractivity (Wildman–Crippen MR) is 108 cm³/mol. The number of benzene rings is 2. The number of anilines is 1. The highest BCUT2D eigenvalue weighted by molar-refractivity contribution is 7.92. The van der Waals surface area contributed by atoms with Gasteiger partial charge in [0.25, 0.3) is 10.0 Å². The number of methoxy groups -OCH3 is 2. The molecule has 0 saturated carbocycles. The average Bonchev–Trinajstić information content (AvgIpc) is 2.66. The van der Waals surface area contributed by atoms with Gasteiger partial charge in [0.2, 0.25) is 5.91 Å². The van der Waals surface area contributed by atoms with E-state index in [0.29, 0.717) is 18.0 Å². The van der Waals surface area contributed by atoms with Crippen LogP contribution in [0.25, 0.3) is 0 Å². The molecule has 1 amide bonds. The van der Waals surface area contributed by atoms with E-state index in [1.165, 1.54) is 26.4 Å². The summed E-state index contributed by atoms with van der Waals surface area (Å²) in [7, 11) is -0.869. The Bertz CT molecular complexity index is 880. The Morgan fingerprint density at radius 2 is 1.68 bits per heavy atom. The van der Waals surface area contributed by atoms with Crippen LogP contribution in [0.5, 0.6) is 5.75 Å². The van der Waals surface area contributed by atoms with E-state index in [0.717, 1.165) is 9.87 Å². The van der Waals surface area contributed by atoms with Gasteiger partial charge in [-0.1, -0.05) is 17.7 Å². The Hall–Kier alpha value is -2.58. The summed E-state index contributed by atoms with van der Waals surface area (Å²) in [6, 6.07) is 12.8. The van der Waals surface area contributed by atoms with Crippen molar-refractivity contribution in [3.05, 3.63) is 54.1 Å². The van der Waals surface area contributed by atoms with Crippen molar-refractivity contribution in [1.82, 2.24) is 5.32 Å². The lowest BCUT2D eigenvalue weighted by molar-refractivity contribution is -0.120. The summed E-state index contributed by atoms with van der Waals surface area (Å²) in [5, 5.41) is 2.74. The van der Waals surface area contributed by atoms with E-state index < -0.39 is 15.9 Å². The summed E-state index contributed by atoms with van der Waals surface area (Å²) in [5.41, 5.74) is 1.32. The van der Waals surface area contributed by atoms with Gasteiger partial charge >= 0.3 is 0 Å². The van der Waals surface area contributed by atoms with Crippen LogP contribution in [0, 0.1) is 6.92 Å². The maximum atomic E-state index is 13.2. The first-order chi connectivity index (χ1) is 13.3. The number of carbonyl (C=O) groups excluding carboxylic acids is 1. The average molecular weight is 407 g/mol. The molecule has 8 heteroatoms. The molecule has 7 nitrogen and oxygen atoms in total. The van der Waals surface area contributed by atoms with Crippen molar-refractivity contribution < 1.29 is 22.7 Å². The molecule has 0 bridgehead atoms. The second-order valence-electron chi connectivity index (χ2n) is 6.45. The summed E-state index contributed by atoms with van der Waals surface area (Å²) in [4.78, 5) is 12.6. The van der Waals surface area contributed by atoms with Crippen molar-refractivity contribution in [1.29, 1.82) is 0 Å². The molecule has 2 aromatic rings. The normalized spacial score (nSPS) is 12.3. The fourth-order valence-electron chi connectivity index (χ4n) is 2.64. The Kier molecular flexibility index (Phi) is 7.42. The standard InChI is InChI=1S/C20H26N2O5S/c1-15-5-11-19(12-6-15)28(24,25)22(13-20(23)21-16(2)14-26-3)17-7-9-18(27-4)10-8-17/h5-12,16H,13-14H2,1-4H3,(H,21,23)/t16-/m0/s1. The number of nitrogens with one attached hydrogen (secondary N) is 1. The van der Waals surface area contributed by atoms with Crippen LogP contribution >= 0.6 is 0 Å². The van der Waals surface area contributed by atoms with Gasteiger partial charge < -0.3 is 14.8 Å². The van der Waals surface area contributed by atoms with Gasteiger partial charge in [-0.15, -0.1) is 0 Å². The second kappa shape index (κ2) is 9.57. The highest BCUT2D eigenvalue weighted by atomic mass is 32.2. The van der Waals surface area contributed by atoms with Gasteiger partial charge in [0, 0.05) is 13.2 Å². The molecular formula is C20H26N2O5S. The molecule has 0 aromatic heterocycles. The number of carbonyl (C=O) groups is 1. The first kappa shape index (κ1) is 21.7. The van der Waals surface area contributed by atoms with Crippen molar-refractivity contribution in [3.63, 3.8) is 0 Å². The van der Waals surface area contributed by atoms with Crippen molar-refractivity contribution in [2.75, 3.05) is 31.7 Å². The lowest BCUT2D eigenvalue weighted by atomic mass is 10.2. The van der Waals surface area contributed by atoms with Gasteiger partial charge in [0.15, 0.2) is 0 Å². The van der Waals surface area contributed by atoms with E-state index in [1.54, 1.807) is 43.3 Å². The summed E-state index contributed by atoms with van der Waals surface area (Å²) in [6.07, 6.45) is 0. The Morgan fingerprint density at radius 1 is 1.07 bits per heavy atom. The maximum absolute atomic E-state index is 13.2. The molecule has 0 aliphatic rings. The number of nitrogens with zero attached hydrogens (tertiary/aromatic N) is 1. The molecule has 0 aliphatic heterocycles. The van der Waals surface area contributed by atoms with Gasteiger partial charge in [-0.3, -0.25) is 9.10 Å². The topological polar surface area (TPSA) is 84.9 Å². The molecule has 0 radical (unpaired) electrons. The van der Waals surface area contributed by atoms with Gasteiger partial charge in [0.1, 0.15) is 12.3 Å². The molecule has 0 heterocycles. The molecule has 1 atom stereocenters. The Balaban J connectivity index is 2.37. The lowest BCUT2D eigenvalue weighted by Crippen LogP contribution is -2.44. The zero-order chi connectivity index (χ0) is 20.7. The summed E-state index contributed by atoms with van der Waals surface area (Å²) in [5.74, 6) is 0.172. The highest BCUT2D eigenvalue weighted by Gasteiger charge is 2.27. The number of hydrogen-bond acceptors (Lipinski definition) is 5. The first-order valence-corrected chi connectivity index (χ1v) is 10.2. The molecule has 0 aliphatic carbocycles. The van der Waals surface area contributed by atoms with E-state index in [4.69, 9.17) is 9.47 Å². The number of aryl methyl sites for hydroxylation is 1. The number of amides is 1. The lowest BCUT2D eigenvalue weighted by Gasteiger charge is -2.25. The highest BCUT2D eigenvalue weighted by Crippen LogP contribution is 2.26. The minimum absolute atomic E-state index is 0.117. The number of hydrogen-bond donors (Lipinski definition) is 1. The SMILES string of the molecule is COC[C@H](C)NC(=O)CN(c1ccc(OC)cc1)S(=O)(=O)c1ccc(C)cc1. The van der Waals surface area contributed by atoms with Gasteiger partial charge in [-0.2, -0.15) is 0 Å². The van der Waals surface area contributed by atoms with Crippen molar-refractivity contribution >= 4 is 21.6 Å². The van der Waals surface area contributed by atoms with Crippen LogP contribution in [0.2, 0.25) is 0 Å². The van der Waals surface area contributed by atoms with Crippen molar-refractivity contribution in [2.45, 2.75) is 24.8 Å². The van der Waals surface area contributed by atoms with Crippen LogP contribution in [0.4, 0.5) is 5.69 Å². The zero-order valence-electron chi connectivity index (χ0n) is 16.5. The van der Waals surface area contributed by atoms with E-state index in [9.17, 15) is 13.2 Å². The van der Waals surface area contributed by atoms with Crippen molar-refractivity contribution in [3.8, 4) is 5.75 Å². The summed E-state index contributed by atoms with van der Waals surface area (Å²) in [6.45, 7) is 3.64. The third-order valence-corrected chi connectivity index (χ3v) is 5.87. The minimum Gasteiger partial charge on any atom is -0.497 e. The summed E-state index contributed by atoms with van der Waals surface area (Å²) < 4.78 is 37.7. The molecule has 0 fully saturated rings. The largest absolute Gasteiger partial charge is 0.497 e. The minimum atomic E-state index is -3.93. The molecule has 28 heavy (non-hydrogen) atoms. The monoisotopic (exact) mass is 406 g/mol. The predicted octanol–water partition coefficient (Wildman–Crippen LogP) is 2.35. The fourth-order valence-corrected chi connectivity index (χ4v) is 4.06. The first-order valence-electron chi connectivity index (χ1n) is 8.79. The third kappa shape index (κ3) is 5.46. The molecule has 2 aromatic carbocycles. The van der Waals surface area contributed by atoms with Crippen molar-refractivity contribution in [2.24, 2.45) is 0 Å².